The highest BCUT2D eigenvalue weighted by Crippen LogP contribution is 2.28. The van der Waals surface area contributed by atoms with Crippen LogP contribution in [0.25, 0.3) is 6.08 Å². The first-order valence-electron chi connectivity index (χ1n) is 7.57. The molecule has 134 valence electrons. The van der Waals surface area contributed by atoms with Crippen LogP contribution in [0.3, 0.4) is 0 Å². The Morgan fingerprint density at radius 2 is 2.12 bits per heavy atom. The summed E-state index contributed by atoms with van der Waals surface area (Å²) in [6.07, 6.45) is -1.53. The van der Waals surface area contributed by atoms with Crippen LogP contribution in [0, 0.1) is 0 Å². The minimum absolute atomic E-state index is 0.0705. The van der Waals surface area contributed by atoms with Crippen molar-refractivity contribution in [3.8, 4) is 0 Å². The molecule has 1 aliphatic rings. The molecule has 1 saturated heterocycles. The van der Waals surface area contributed by atoms with Crippen LogP contribution in [0.15, 0.2) is 16.6 Å². The number of aliphatic hydroxyl groups is 3. The van der Waals surface area contributed by atoms with E-state index in [2.05, 4.69) is 4.98 Å². The molecule has 4 atom stereocenters. The monoisotopic (exact) mass is 340 g/mol. The van der Waals surface area contributed by atoms with Gasteiger partial charge >= 0.3 is 5.69 Å². The Balaban J connectivity index is 2.39. The van der Waals surface area contributed by atoms with Crippen molar-refractivity contribution >= 4 is 11.9 Å². The summed E-state index contributed by atoms with van der Waals surface area (Å²) in [7, 11) is 3.86. The van der Waals surface area contributed by atoms with Crippen molar-refractivity contribution in [2.75, 3.05) is 33.0 Å². The summed E-state index contributed by atoms with van der Waals surface area (Å²) in [5.74, 6) is 0.0705. The molecular weight excluding hydrogens is 316 g/mol. The molecule has 9 heteroatoms. The van der Waals surface area contributed by atoms with Crippen molar-refractivity contribution in [1.82, 2.24) is 14.5 Å². The van der Waals surface area contributed by atoms with Crippen molar-refractivity contribution < 1.29 is 20.1 Å². The van der Waals surface area contributed by atoms with Crippen LogP contribution >= 0.6 is 0 Å². The molecule has 5 N–H and O–H groups in total. The SMILES string of the molecule is CC(=Cc1cn([C@@H]2O[C@H](CO)[C@@H](O)[C@@H]2O)c(=O)nc1N)CN(C)C. The maximum absolute atomic E-state index is 12.1. The Kier molecular flexibility index (Phi) is 5.73. The van der Waals surface area contributed by atoms with Gasteiger partial charge in [0.2, 0.25) is 0 Å². The maximum Gasteiger partial charge on any atom is 0.351 e. The van der Waals surface area contributed by atoms with Gasteiger partial charge in [0.25, 0.3) is 0 Å². The van der Waals surface area contributed by atoms with Gasteiger partial charge in [-0.2, -0.15) is 4.98 Å². The van der Waals surface area contributed by atoms with Crippen LogP contribution < -0.4 is 11.4 Å². The smallest absolute Gasteiger partial charge is 0.351 e. The quantitative estimate of drug-likeness (QED) is 0.504. The second kappa shape index (κ2) is 7.41. The van der Waals surface area contributed by atoms with E-state index >= 15 is 0 Å². The third-order valence-electron chi connectivity index (χ3n) is 3.77. The third kappa shape index (κ3) is 3.82. The highest BCUT2D eigenvalue weighted by molar-refractivity contribution is 5.61. The Bertz CT molecular complexity index is 672. The van der Waals surface area contributed by atoms with E-state index in [9.17, 15) is 15.0 Å². The fraction of sp³-hybridized carbons (Fsp3) is 0.600. The van der Waals surface area contributed by atoms with Crippen LogP contribution in [0.5, 0.6) is 0 Å². The molecule has 9 nitrogen and oxygen atoms in total. The number of likely N-dealkylation sites (N-methyl/N-ethyl adjacent to an activating group) is 1. The van der Waals surface area contributed by atoms with Crippen LogP contribution in [-0.4, -0.2) is 75.3 Å². The topological polar surface area (TPSA) is 134 Å². The van der Waals surface area contributed by atoms with E-state index in [0.29, 0.717) is 12.1 Å². The Morgan fingerprint density at radius 1 is 1.46 bits per heavy atom. The van der Waals surface area contributed by atoms with E-state index in [1.54, 1.807) is 6.08 Å². The van der Waals surface area contributed by atoms with Crippen molar-refractivity contribution in [1.29, 1.82) is 0 Å². The van der Waals surface area contributed by atoms with Crippen LogP contribution in [0.2, 0.25) is 0 Å². The molecular formula is C15H24N4O5. The van der Waals surface area contributed by atoms with Crippen molar-refractivity contribution in [3.05, 3.63) is 27.8 Å². The zero-order chi connectivity index (χ0) is 18.0. The van der Waals surface area contributed by atoms with Crippen LogP contribution in [0.1, 0.15) is 18.7 Å². The van der Waals surface area contributed by atoms with Gasteiger partial charge in [-0.15, -0.1) is 0 Å². The number of aromatic nitrogens is 2. The maximum atomic E-state index is 12.1. The lowest BCUT2D eigenvalue weighted by Gasteiger charge is -2.18. The summed E-state index contributed by atoms with van der Waals surface area (Å²) in [4.78, 5) is 17.8. The Hall–Kier alpha value is -1.78. The molecule has 1 aliphatic heterocycles. The fourth-order valence-corrected chi connectivity index (χ4v) is 2.71. The van der Waals surface area contributed by atoms with Gasteiger partial charge in [0, 0.05) is 18.3 Å². The lowest BCUT2D eigenvalue weighted by Crippen LogP contribution is -2.36. The van der Waals surface area contributed by atoms with Gasteiger partial charge in [0.15, 0.2) is 6.23 Å². The van der Waals surface area contributed by atoms with Gasteiger partial charge in [-0.3, -0.25) is 4.57 Å². The summed E-state index contributed by atoms with van der Waals surface area (Å²) in [5, 5.41) is 29.1. The molecule has 0 radical (unpaired) electrons. The minimum Gasteiger partial charge on any atom is -0.394 e. The highest BCUT2D eigenvalue weighted by Gasteiger charge is 2.43. The summed E-state index contributed by atoms with van der Waals surface area (Å²) in [5.41, 5.74) is 6.61. The largest absolute Gasteiger partial charge is 0.394 e. The van der Waals surface area contributed by atoms with Gasteiger partial charge in [-0.1, -0.05) is 5.57 Å². The molecule has 24 heavy (non-hydrogen) atoms. The zero-order valence-corrected chi connectivity index (χ0v) is 14.0. The number of nitrogens with zero attached hydrogens (tertiary/aromatic N) is 3. The first-order valence-corrected chi connectivity index (χ1v) is 7.57. The summed E-state index contributed by atoms with van der Waals surface area (Å²) < 4.78 is 6.45. The number of nitrogens with two attached hydrogens (primary N) is 1. The van der Waals surface area contributed by atoms with Crippen molar-refractivity contribution in [3.63, 3.8) is 0 Å². The van der Waals surface area contributed by atoms with Crippen molar-refractivity contribution in [2.45, 2.75) is 31.5 Å². The molecule has 0 spiro atoms. The van der Waals surface area contributed by atoms with E-state index in [0.717, 1.165) is 10.1 Å². The van der Waals surface area contributed by atoms with Gasteiger partial charge in [-0.05, 0) is 27.1 Å². The molecule has 2 rings (SSSR count). The lowest BCUT2D eigenvalue weighted by atomic mass is 10.1. The fourth-order valence-electron chi connectivity index (χ4n) is 2.71. The third-order valence-corrected chi connectivity index (χ3v) is 3.77. The van der Waals surface area contributed by atoms with Gasteiger partial charge in [0.05, 0.1) is 6.61 Å². The highest BCUT2D eigenvalue weighted by atomic mass is 16.6. The van der Waals surface area contributed by atoms with E-state index < -0.39 is 36.8 Å². The van der Waals surface area contributed by atoms with Crippen LogP contribution in [0.4, 0.5) is 5.82 Å². The summed E-state index contributed by atoms with van der Waals surface area (Å²) in [6.45, 7) is 2.15. The first kappa shape index (κ1) is 18.6. The summed E-state index contributed by atoms with van der Waals surface area (Å²) in [6, 6.07) is 0. The molecule has 0 amide bonds. The number of hydrogen-bond acceptors (Lipinski definition) is 8. The Labute approximate surface area is 139 Å². The predicted octanol–water partition coefficient (Wildman–Crippen LogP) is -1.60. The molecule has 0 aliphatic carbocycles. The predicted molar refractivity (Wildman–Crippen MR) is 88.1 cm³/mol. The zero-order valence-electron chi connectivity index (χ0n) is 14.0. The average molecular weight is 340 g/mol. The number of aliphatic hydroxyl groups excluding tert-OH is 3. The number of ether oxygens (including phenoxy) is 1. The number of rotatable bonds is 5. The lowest BCUT2D eigenvalue weighted by molar-refractivity contribution is -0.0549. The number of hydrogen-bond donors (Lipinski definition) is 4. The van der Waals surface area contributed by atoms with E-state index in [-0.39, 0.29) is 5.82 Å². The molecule has 0 bridgehead atoms. The average Bonchev–Trinajstić information content (AvgIpc) is 2.77. The van der Waals surface area contributed by atoms with E-state index in [4.69, 9.17) is 15.6 Å². The summed E-state index contributed by atoms with van der Waals surface area (Å²) >= 11 is 0. The second-order valence-electron chi connectivity index (χ2n) is 6.23. The second-order valence-corrected chi connectivity index (χ2v) is 6.23. The molecule has 1 fully saturated rings. The number of anilines is 1. The molecule has 1 aromatic rings. The molecule has 0 saturated carbocycles. The van der Waals surface area contributed by atoms with E-state index in [1.807, 2.05) is 25.9 Å². The van der Waals surface area contributed by atoms with Gasteiger partial charge in [-0.25, -0.2) is 4.79 Å². The normalized spacial score (nSPS) is 27.9. The standard InChI is InChI=1S/C15H24N4O5/c1-8(5-18(2)3)4-9-6-19(15(23)17-13(9)16)14-12(22)11(21)10(7-20)24-14/h4,6,10-12,14,20-22H,5,7H2,1-3H3,(H2,16,17,23)/t10-,11-,12+,14-/m1/s1. The Morgan fingerprint density at radius 3 is 2.67 bits per heavy atom. The molecule has 0 unspecified atom stereocenters. The van der Waals surface area contributed by atoms with Gasteiger partial charge < -0.3 is 30.7 Å². The first-order chi connectivity index (χ1) is 11.2. The molecule has 2 heterocycles. The minimum atomic E-state index is -1.36. The van der Waals surface area contributed by atoms with Gasteiger partial charge in [0.1, 0.15) is 24.1 Å². The van der Waals surface area contributed by atoms with E-state index in [1.165, 1.54) is 6.20 Å². The molecule has 1 aromatic heterocycles. The molecule has 0 aromatic carbocycles. The number of nitrogen functional groups attached to an aromatic ring is 1. The van der Waals surface area contributed by atoms with Crippen molar-refractivity contribution in [2.24, 2.45) is 0 Å². The van der Waals surface area contributed by atoms with Crippen LogP contribution in [-0.2, 0) is 4.74 Å².